The fourth-order valence-corrected chi connectivity index (χ4v) is 10.0. The van der Waals surface area contributed by atoms with Gasteiger partial charge in [0, 0.05) is 49.4 Å². The molecule has 13 rings (SSSR count). The number of para-hydroxylation sites is 4. The van der Waals surface area contributed by atoms with E-state index in [0.717, 1.165) is 94.3 Å². The van der Waals surface area contributed by atoms with E-state index in [0.29, 0.717) is 0 Å². The van der Waals surface area contributed by atoms with Crippen LogP contribution in [0.5, 0.6) is 0 Å². The molecule has 0 saturated heterocycles. The van der Waals surface area contributed by atoms with Crippen LogP contribution in [0.3, 0.4) is 0 Å². The number of furan rings is 2. The summed E-state index contributed by atoms with van der Waals surface area (Å²) >= 11 is 0. The fourth-order valence-electron chi connectivity index (χ4n) is 10.0. The molecule has 0 bridgehead atoms. The first-order valence-electron chi connectivity index (χ1n) is 22.8. The molecule has 0 N–H and O–H groups in total. The van der Waals surface area contributed by atoms with Gasteiger partial charge in [-0.1, -0.05) is 206 Å². The number of fused-ring (bicyclic) bond motifs is 7. The Morgan fingerprint density at radius 2 is 0.597 bits per heavy atom. The van der Waals surface area contributed by atoms with Crippen molar-refractivity contribution in [2.24, 2.45) is 0 Å². The molecule has 0 aliphatic heterocycles. The van der Waals surface area contributed by atoms with Crippen LogP contribution in [0.2, 0.25) is 0 Å². The Morgan fingerprint density at radius 1 is 0.224 bits per heavy atom. The number of hydrogen-bond acceptors (Lipinski definition) is 3. The van der Waals surface area contributed by atoms with E-state index < -0.39 is 0 Å². The maximum atomic E-state index is 6.47. The summed E-state index contributed by atoms with van der Waals surface area (Å²) in [6.07, 6.45) is 0. The van der Waals surface area contributed by atoms with Crippen LogP contribution in [0.15, 0.2) is 258 Å². The zero-order valence-corrected chi connectivity index (χ0v) is 36.4. The second-order valence-electron chi connectivity index (χ2n) is 17.2. The Kier molecular flexibility index (Phi) is 9.17. The van der Waals surface area contributed by atoms with Crippen LogP contribution in [0.4, 0.5) is 17.1 Å². The predicted octanol–water partition coefficient (Wildman–Crippen LogP) is 18.4. The van der Waals surface area contributed by atoms with Gasteiger partial charge in [0.15, 0.2) is 0 Å². The largest absolute Gasteiger partial charge is 0.455 e. The van der Waals surface area contributed by atoms with Gasteiger partial charge in [-0.2, -0.15) is 0 Å². The predicted molar refractivity (Wildman–Crippen MR) is 280 cm³/mol. The molecule has 0 amide bonds. The molecule has 2 aromatic heterocycles. The minimum absolute atomic E-state index is 0.898. The molecule has 0 radical (unpaired) electrons. The smallest absolute Gasteiger partial charge is 0.143 e. The molecule has 314 valence electrons. The Hall–Kier alpha value is -8.92. The molecule has 0 spiro atoms. The van der Waals surface area contributed by atoms with Gasteiger partial charge in [-0.15, -0.1) is 0 Å². The first kappa shape index (κ1) is 38.5. The van der Waals surface area contributed by atoms with Crippen molar-refractivity contribution in [3.8, 4) is 55.6 Å². The molecular weight excluding hydrogens is 815 g/mol. The summed E-state index contributed by atoms with van der Waals surface area (Å²) in [7, 11) is 0. The third-order valence-electron chi connectivity index (χ3n) is 13.3. The van der Waals surface area contributed by atoms with Gasteiger partial charge in [-0.25, -0.2) is 0 Å². The van der Waals surface area contributed by atoms with Crippen molar-refractivity contribution < 1.29 is 8.83 Å². The molecule has 0 aliphatic carbocycles. The molecule has 0 atom stereocenters. The second kappa shape index (κ2) is 16.0. The van der Waals surface area contributed by atoms with Crippen molar-refractivity contribution in [1.29, 1.82) is 0 Å². The van der Waals surface area contributed by atoms with E-state index in [-0.39, 0.29) is 0 Å². The lowest BCUT2D eigenvalue weighted by molar-refractivity contribution is 0.669. The summed E-state index contributed by atoms with van der Waals surface area (Å²) < 4.78 is 12.9. The van der Waals surface area contributed by atoms with E-state index in [1.54, 1.807) is 0 Å². The highest BCUT2D eigenvalue weighted by Crippen LogP contribution is 2.44. The number of nitrogens with zero attached hydrogens (tertiary/aromatic N) is 1. The van der Waals surface area contributed by atoms with E-state index in [1.165, 1.54) is 33.0 Å². The van der Waals surface area contributed by atoms with E-state index in [4.69, 9.17) is 8.83 Å². The van der Waals surface area contributed by atoms with Gasteiger partial charge in [-0.3, -0.25) is 0 Å². The summed E-state index contributed by atoms with van der Waals surface area (Å²) in [6.45, 7) is 0. The van der Waals surface area contributed by atoms with Crippen LogP contribution >= 0.6 is 0 Å². The highest BCUT2D eigenvalue weighted by molar-refractivity contribution is 6.11. The lowest BCUT2D eigenvalue weighted by Gasteiger charge is -2.28. The monoisotopic (exact) mass is 855 g/mol. The lowest BCUT2D eigenvalue weighted by Crippen LogP contribution is -2.10. The molecule has 0 fully saturated rings. The molecule has 11 aromatic carbocycles. The van der Waals surface area contributed by atoms with Gasteiger partial charge < -0.3 is 13.7 Å². The van der Waals surface area contributed by atoms with Crippen molar-refractivity contribution in [2.45, 2.75) is 0 Å². The zero-order chi connectivity index (χ0) is 44.3. The minimum atomic E-state index is 0.898. The number of anilines is 3. The lowest BCUT2D eigenvalue weighted by atomic mass is 9.94. The van der Waals surface area contributed by atoms with Crippen LogP contribution in [-0.2, 0) is 0 Å². The van der Waals surface area contributed by atoms with Crippen LogP contribution in [0.1, 0.15) is 0 Å². The van der Waals surface area contributed by atoms with Crippen molar-refractivity contribution in [3.05, 3.63) is 249 Å². The van der Waals surface area contributed by atoms with Crippen molar-refractivity contribution >= 4 is 71.7 Å². The number of hydrogen-bond donors (Lipinski definition) is 0. The van der Waals surface area contributed by atoms with Gasteiger partial charge >= 0.3 is 0 Å². The molecule has 13 aromatic rings. The Labute approximate surface area is 388 Å². The van der Waals surface area contributed by atoms with Gasteiger partial charge in [0.2, 0.25) is 0 Å². The molecular formula is C64H41NO2. The highest BCUT2D eigenvalue weighted by Gasteiger charge is 2.20. The molecule has 3 nitrogen and oxygen atoms in total. The average Bonchev–Trinajstić information content (AvgIpc) is 3.99. The Morgan fingerprint density at radius 3 is 1.12 bits per heavy atom. The third kappa shape index (κ3) is 6.67. The van der Waals surface area contributed by atoms with Crippen LogP contribution in [0, 0.1) is 0 Å². The summed E-state index contributed by atoms with van der Waals surface area (Å²) in [6, 6.07) is 88.9. The Bertz CT molecular complexity index is 3940. The maximum absolute atomic E-state index is 6.47. The first-order chi connectivity index (χ1) is 33.2. The zero-order valence-electron chi connectivity index (χ0n) is 36.4. The van der Waals surface area contributed by atoms with Crippen molar-refractivity contribution in [1.82, 2.24) is 0 Å². The van der Waals surface area contributed by atoms with Crippen molar-refractivity contribution in [2.75, 3.05) is 4.90 Å². The summed E-state index contributed by atoms with van der Waals surface area (Å²) in [4.78, 5) is 2.39. The molecule has 3 heteroatoms. The summed E-state index contributed by atoms with van der Waals surface area (Å²) in [5.41, 5.74) is 18.3. The number of benzene rings is 11. The normalized spacial score (nSPS) is 11.6. The Balaban J connectivity index is 0.889. The molecule has 2 heterocycles. The first-order valence-corrected chi connectivity index (χ1v) is 22.8. The average molecular weight is 856 g/mol. The van der Waals surface area contributed by atoms with Gasteiger partial charge in [0.25, 0.3) is 0 Å². The fraction of sp³-hybridized carbons (Fsp3) is 0. The quantitative estimate of drug-likeness (QED) is 0.152. The van der Waals surface area contributed by atoms with Gasteiger partial charge in [0.1, 0.15) is 22.3 Å². The number of rotatable bonds is 8. The summed E-state index contributed by atoms with van der Waals surface area (Å²) in [5, 5.41) is 6.89. The van der Waals surface area contributed by atoms with Gasteiger partial charge in [0.05, 0.1) is 5.69 Å². The van der Waals surface area contributed by atoms with Crippen LogP contribution in [-0.4, -0.2) is 0 Å². The third-order valence-corrected chi connectivity index (χ3v) is 13.3. The van der Waals surface area contributed by atoms with E-state index in [2.05, 4.69) is 229 Å². The van der Waals surface area contributed by atoms with Crippen LogP contribution in [0.25, 0.3) is 110 Å². The highest BCUT2D eigenvalue weighted by atomic mass is 16.3. The standard InChI is InChI=1S/C64H41NO2/c1-2-12-42(13-3-1)43-24-28-46(29-25-43)51-40-41-60(55-15-5-4-14-54(51)55)65(50-38-34-48(35-39-50)53-19-11-21-59-57-17-7-9-23-62(57)67-64(53)59)49-36-32-45(33-37-49)44-26-30-47(31-27-44)52-18-10-20-58-56-16-6-8-22-61(56)66-63(52)58/h1-41H. The van der Waals surface area contributed by atoms with E-state index in [1.807, 2.05) is 24.3 Å². The van der Waals surface area contributed by atoms with Gasteiger partial charge in [-0.05, 0) is 92.4 Å². The minimum Gasteiger partial charge on any atom is -0.455 e. The molecule has 0 unspecified atom stereocenters. The van der Waals surface area contributed by atoms with E-state index in [9.17, 15) is 0 Å². The molecule has 67 heavy (non-hydrogen) atoms. The second-order valence-corrected chi connectivity index (χ2v) is 17.2. The van der Waals surface area contributed by atoms with Crippen LogP contribution < -0.4 is 4.90 Å². The maximum Gasteiger partial charge on any atom is 0.143 e. The topological polar surface area (TPSA) is 29.5 Å². The van der Waals surface area contributed by atoms with E-state index >= 15 is 0 Å². The molecule has 0 saturated carbocycles. The van der Waals surface area contributed by atoms with Crippen molar-refractivity contribution in [3.63, 3.8) is 0 Å². The summed E-state index contributed by atoms with van der Waals surface area (Å²) in [5.74, 6) is 0. The molecule has 0 aliphatic rings. The SMILES string of the molecule is c1ccc(-c2ccc(-c3ccc(N(c4ccc(-c5ccc(-c6cccc7c6oc6ccccc67)cc5)cc4)c4ccc(-c5cccc6c5oc5ccccc56)cc4)c4ccccc34)cc2)cc1.